The van der Waals surface area contributed by atoms with Crippen LogP contribution in [0.1, 0.15) is 5.56 Å². The van der Waals surface area contributed by atoms with E-state index in [-0.39, 0.29) is 17.1 Å². The summed E-state index contributed by atoms with van der Waals surface area (Å²) >= 11 is 0. The maximum absolute atomic E-state index is 12.6. The van der Waals surface area contributed by atoms with Gasteiger partial charge in [-0.2, -0.15) is 0 Å². The average Bonchev–Trinajstić information content (AvgIpc) is 2.84. The molecule has 1 aliphatic heterocycles. The second-order valence-corrected chi connectivity index (χ2v) is 5.94. The number of nitro benzene ring substituents is 2. The normalized spacial score (nSPS) is 16.4. The molecule has 1 aliphatic rings. The van der Waals surface area contributed by atoms with Gasteiger partial charge in [0.15, 0.2) is 11.0 Å². The lowest BCUT2D eigenvalue weighted by atomic mass is 10.1. The fourth-order valence-electron chi connectivity index (χ4n) is 2.32. The fourth-order valence-corrected chi connectivity index (χ4v) is 3.77. The predicted molar refractivity (Wildman–Crippen MR) is 78.8 cm³/mol. The summed E-state index contributed by atoms with van der Waals surface area (Å²) in [6.07, 6.45) is 0. The summed E-state index contributed by atoms with van der Waals surface area (Å²) in [4.78, 5) is 20.7. The Morgan fingerprint density at radius 3 is 2.32 bits per heavy atom. The molecule has 0 bridgehead atoms. The molecule has 1 unspecified atom stereocenters. The van der Waals surface area contributed by atoms with Crippen molar-refractivity contribution in [2.45, 2.75) is 11.4 Å². The topological polar surface area (TPSA) is 107 Å². The number of hydrogen-bond donors (Lipinski definition) is 0. The maximum Gasteiger partial charge on any atom is 0.294 e. The van der Waals surface area contributed by atoms with E-state index in [0.717, 1.165) is 6.07 Å². The molecule has 0 amide bonds. The van der Waals surface area contributed by atoms with E-state index < -0.39 is 26.5 Å². The Labute approximate surface area is 126 Å². The first-order valence-corrected chi connectivity index (χ1v) is 7.30. The molecule has 0 saturated carbocycles. The largest absolute Gasteiger partial charge is 0.294 e. The first kappa shape index (κ1) is 14.1. The van der Waals surface area contributed by atoms with E-state index in [4.69, 9.17) is 0 Å². The van der Waals surface area contributed by atoms with Crippen LogP contribution in [0.5, 0.6) is 0 Å². The lowest BCUT2D eigenvalue weighted by Crippen LogP contribution is -2.18. The van der Waals surface area contributed by atoms with E-state index >= 15 is 0 Å². The summed E-state index contributed by atoms with van der Waals surface area (Å²) in [5, 5.41) is 22.1. The Kier molecular flexibility index (Phi) is 3.33. The molecule has 0 aliphatic carbocycles. The van der Waals surface area contributed by atoms with E-state index in [0.29, 0.717) is 11.3 Å². The van der Waals surface area contributed by atoms with Crippen LogP contribution in [-0.4, -0.2) is 14.1 Å². The number of para-hydroxylation sites is 1. The minimum Gasteiger partial charge on any atom is -0.283 e. The highest BCUT2D eigenvalue weighted by Crippen LogP contribution is 2.39. The molecule has 2 aromatic rings. The van der Waals surface area contributed by atoms with Crippen molar-refractivity contribution < 1.29 is 14.1 Å². The van der Waals surface area contributed by atoms with Crippen molar-refractivity contribution in [1.29, 1.82) is 0 Å². The minimum atomic E-state index is -1.77. The van der Waals surface area contributed by atoms with Crippen LogP contribution in [0.3, 0.4) is 0 Å². The van der Waals surface area contributed by atoms with Crippen molar-refractivity contribution in [1.82, 2.24) is 0 Å². The number of non-ortho nitro benzene ring substituents is 1. The molecule has 1 heterocycles. The molecule has 2 aromatic carbocycles. The number of benzene rings is 2. The average molecular weight is 319 g/mol. The smallest absolute Gasteiger partial charge is 0.283 e. The summed E-state index contributed by atoms with van der Waals surface area (Å²) in [6.45, 7) is 0.120. The van der Waals surface area contributed by atoms with Crippen LogP contribution >= 0.6 is 0 Å². The van der Waals surface area contributed by atoms with Gasteiger partial charge in [0.05, 0.1) is 22.5 Å². The highest BCUT2D eigenvalue weighted by atomic mass is 32.2. The van der Waals surface area contributed by atoms with E-state index in [9.17, 15) is 24.4 Å². The van der Waals surface area contributed by atoms with Gasteiger partial charge in [-0.05, 0) is 12.1 Å². The maximum atomic E-state index is 12.6. The van der Waals surface area contributed by atoms with Crippen LogP contribution in [0, 0.1) is 20.2 Å². The van der Waals surface area contributed by atoms with Gasteiger partial charge in [0, 0.05) is 17.3 Å². The molecule has 0 aromatic heterocycles. The van der Waals surface area contributed by atoms with Gasteiger partial charge in [-0.3, -0.25) is 24.5 Å². The first-order valence-electron chi connectivity index (χ1n) is 6.19. The van der Waals surface area contributed by atoms with Crippen molar-refractivity contribution in [2.24, 2.45) is 0 Å². The number of nitrogens with zero attached hydrogens (tertiary/aromatic N) is 3. The van der Waals surface area contributed by atoms with Crippen molar-refractivity contribution in [2.75, 3.05) is 4.31 Å². The zero-order valence-electron chi connectivity index (χ0n) is 11.0. The lowest BCUT2D eigenvalue weighted by molar-refractivity contribution is -0.396. The van der Waals surface area contributed by atoms with Crippen molar-refractivity contribution in [3.63, 3.8) is 0 Å². The highest BCUT2D eigenvalue weighted by molar-refractivity contribution is 7.87. The molecule has 1 atom stereocenters. The Bertz CT molecular complexity index is 809. The third-order valence-electron chi connectivity index (χ3n) is 3.27. The third-order valence-corrected chi connectivity index (χ3v) is 4.83. The standard InChI is InChI=1S/C13H9N3O5S/c17-15(18)11-6-9-8-14(10-4-2-1-3-5-10)22(21)13(9)12(7-11)16(19)20/h1-7H,8H2. The number of anilines is 1. The summed E-state index contributed by atoms with van der Waals surface area (Å²) < 4.78 is 14.0. The van der Waals surface area contributed by atoms with Crippen LogP contribution in [0.25, 0.3) is 0 Å². The summed E-state index contributed by atoms with van der Waals surface area (Å²) in [7, 11) is -1.77. The van der Waals surface area contributed by atoms with Crippen molar-refractivity contribution >= 4 is 28.0 Å². The van der Waals surface area contributed by atoms with Crippen LogP contribution in [0.15, 0.2) is 47.4 Å². The van der Waals surface area contributed by atoms with E-state index in [1.807, 2.05) is 0 Å². The Hall–Kier alpha value is -2.81. The number of rotatable bonds is 3. The van der Waals surface area contributed by atoms with Gasteiger partial charge in [0.1, 0.15) is 4.90 Å². The van der Waals surface area contributed by atoms with E-state index in [2.05, 4.69) is 0 Å². The molecule has 0 saturated heterocycles. The summed E-state index contributed by atoms with van der Waals surface area (Å²) in [5.74, 6) is 0. The van der Waals surface area contributed by atoms with E-state index in [1.165, 1.54) is 10.4 Å². The van der Waals surface area contributed by atoms with Crippen LogP contribution < -0.4 is 4.31 Å². The molecule has 0 spiro atoms. The monoisotopic (exact) mass is 319 g/mol. The van der Waals surface area contributed by atoms with Gasteiger partial charge in [0.2, 0.25) is 0 Å². The number of nitro groups is 2. The Morgan fingerprint density at radius 2 is 1.73 bits per heavy atom. The van der Waals surface area contributed by atoms with Crippen LogP contribution in [0.2, 0.25) is 0 Å². The molecule has 9 heteroatoms. The zero-order chi connectivity index (χ0) is 15.9. The second kappa shape index (κ2) is 5.19. The summed E-state index contributed by atoms with van der Waals surface area (Å²) in [5.41, 5.74) is 0.107. The van der Waals surface area contributed by atoms with Gasteiger partial charge in [-0.25, -0.2) is 4.21 Å². The molecule has 0 fully saturated rings. The number of hydrogen-bond acceptors (Lipinski definition) is 5. The van der Waals surface area contributed by atoms with Gasteiger partial charge < -0.3 is 0 Å². The SMILES string of the molecule is O=[N+]([O-])c1cc2c(c([N+](=O)[O-])c1)S(=O)N(c1ccccc1)C2. The zero-order valence-corrected chi connectivity index (χ0v) is 11.9. The lowest BCUT2D eigenvalue weighted by Gasteiger charge is -2.15. The first-order chi connectivity index (χ1) is 10.5. The third kappa shape index (κ3) is 2.21. The minimum absolute atomic E-state index is 0.0273. The Balaban J connectivity index is 2.14. The van der Waals surface area contributed by atoms with Crippen LogP contribution in [0.4, 0.5) is 17.1 Å². The fraction of sp³-hybridized carbons (Fsp3) is 0.0769. The molecule has 112 valence electrons. The Morgan fingerprint density at radius 1 is 1.05 bits per heavy atom. The second-order valence-electron chi connectivity index (χ2n) is 4.59. The molecule has 3 rings (SSSR count). The quantitative estimate of drug-likeness (QED) is 0.638. The molecular weight excluding hydrogens is 310 g/mol. The van der Waals surface area contributed by atoms with Gasteiger partial charge >= 0.3 is 0 Å². The number of fused-ring (bicyclic) bond motifs is 1. The molecular formula is C13H9N3O5S. The highest BCUT2D eigenvalue weighted by Gasteiger charge is 2.36. The molecule has 8 nitrogen and oxygen atoms in total. The van der Waals surface area contributed by atoms with E-state index in [1.54, 1.807) is 30.3 Å². The van der Waals surface area contributed by atoms with Gasteiger partial charge in [-0.15, -0.1) is 0 Å². The van der Waals surface area contributed by atoms with Gasteiger partial charge in [-0.1, -0.05) is 18.2 Å². The molecule has 22 heavy (non-hydrogen) atoms. The van der Waals surface area contributed by atoms with Crippen molar-refractivity contribution in [3.8, 4) is 0 Å². The molecule has 0 N–H and O–H groups in total. The molecule has 0 radical (unpaired) electrons. The predicted octanol–water partition coefficient (Wildman–Crippen LogP) is 2.55. The van der Waals surface area contributed by atoms with Crippen LogP contribution in [-0.2, 0) is 17.5 Å². The van der Waals surface area contributed by atoms with Gasteiger partial charge in [0.25, 0.3) is 11.4 Å². The summed E-state index contributed by atoms with van der Waals surface area (Å²) in [6, 6.07) is 10.9. The van der Waals surface area contributed by atoms with Crippen molar-refractivity contribution in [3.05, 3.63) is 68.3 Å².